The van der Waals surface area contributed by atoms with E-state index in [2.05, 4.69) is 15.3 Å². The van der Waals surface area contributed by atoms with E-state index < -0.39 is 0 Å². The van der Waals surface area contributed by atoms with E-state index in [0.29, 0.717) is 18.1 Å². The molecule has 6 nitrogen and oxygen atoms in total. The van der Waals surface area contributed by atoms with Gasteiger partial charge in [0.2, 0.25) is 5.75 Å². The second-order valence-electron chi connectivity index (χ2n) is 4.20. The lowest BCUT2D eigenvalue weighted by Crippen LogP contribution is -2.19. The molecule has 0 aromatic carbocycles. The van der Waals surface area contributed by atoms with Crippen LogP contribution < -0.4 is 15.0 Å². The number of rotatable bonds is 5. The third-order valence-electron chi connectivity index (χ3n) is 2.78. The highest BCUT2D eigenvalue weighted by Crippen LogP contribution is 2.31. The zero-order valence-electron chi connectivity index (χ0n) is 11.6. The van der Waals surface area contributed by atoms with E-state index in [-0.39, 0.29) is 0 Å². The molecule has 1 N–H and O–H groups in total. The minimum absolute atomic E-state index is 0.615. The zero-order chi connectivity index (χ0) is 13.8. The average Bonchev–Trinajstić information content (AvgIpc) is 2.82. The molecular weight excluding hydrogens is 244 g/mol. The van der Waals surface area contributed by atoms with Gasteiger partial charge >= 0.3 is 0 Å². The van der Waals surface area contributed by atoms with E-state index >= 15 is 0 Å². The van der Waals surface area contributed by atoms with Crippen molar-refractivity contribution in [2.45, 2.75) is 13.5 Å². The first-order valence-corrected chi connectivity index (χ1v) is 5.99. The Bertz CT molecular complexity index is 553. The molecule has 19 heavy (non-hydrogen) atoms. The van der Waals surface area contributed by atoms with Crippen molar-refractivity contribution < 1.29 is 9.15 Å². The van der Waals surface area contributed by atoms with E-state index in [1.54, 1.807) is 14.2 Å². The fourth-order valence-electron chi connectivity index (χ4n) is 1.88. The molecule has 0 saturated carbocycles. The van der Waals surface area contributed by atoms with Gasteiger partial charge in [-0.15, -0.1) is 0 Å². The van der Waals surface area contributed by atoms with Crippen molar-refractivity contribution in [3.63, 3.8) is 0 Å². The summed E-state index contributed by atoms with van der Waals surface area (Å²) in [4.78, 5) is 10.4. The Labute approximate surface area is 112 Å². The highest BCUT2D eigenvalue weighted by atomic mass is 16.5. The average molecular weight is 262 g/mol. The van der Waals surface area contributed by atoms with Gasteiger partial charge in [-0.05, 0) is 19.1 Å². The monoisotopic (exact) mass is 262 g/mol. The minimum Gasteiger partial charge on any atom is -0.490 e. The van der Waals surface area contributed by atoms with Crippen molar-refractivity contribution >= 4 is 11.6 Å². The van der Waals surface area contributed by atoms with Crippen LogP contribution in [0, 0.1) is 6.92 Å². The third-order valence-corrected chi connectivity index (χ3v) is 2.78. The minimum atomic E-state index is 0.615. The molecule has 0 aliphatic carbocycles. The Morgan fingerprint density at radius 3 is 2.74 bits per heavy atom. The fraction of sp³-hybridized carbons (Fsp3) is 0.385. The number of nitrogens with zero attached hydrogens (tertiary/aromatic N) is 3. The van der Waals surface area contributed by atoms with E-state index in [4.69, 9.17) is 9.15 Å². The number of nitrogens with one attached hydrogen (secondary N) is 1. The van der Waals surface area contributed by atoms with E-state index in [1.807, 2.05) is 31.0 Å². The Hall–Kier alpha value is -2.24. The molecule has 102 valence electrons. The maximum atomic E-state index is 5.56. The van der Waals surface area contributed by atoms with Crippen molar-refractivity contribution in [2.75, 3.05) is 31.4 Å². The summed E-state index contributed by atoms with van der Waals surface area (Å²) in [6, 6.07) is 3.90. The van der Waals surface area contributed by atoms with Gasteiger partial charge in [0.25, 0.3) is 0 Å². The van der Waals surface area contributed by atoms with Crippen LogP contribution in [0.1, 0.15) is 11.5 Å². The van der Waals surface area contributed by atoms with Crippen LogP contribution in [0.2, 0.25) is 0 Å². The second kappa shape index (κ2) is 5.60. The Balaban J connectivity index is 2.25. The predicted molar refractivity (Wildman–Crippen MR) is 73.7 cm³/mol. The van der Waals surface area contributed by atoms with Gasteiger partial charge < -0.3 is 19.4 Å². The van der Waals surface area contributed by atoms with Crippen molar-refractivity contribution in [1.29, 1.82) is 0 Å². The first-order chi connectivity index (χ1) is 9.15. The molecule has 0 bridgehead atoms. The van der Waals surface area contributed by atoms with Gasteiger partial charge in [0.1, 0.15) is 17.8 Å². The van der Waals surface area contributed by atoms with Crippen LogP contribution in [-0.2, 0) is 6.54 Å². The SMILES string of the molecule is CNc1ncnc(N(C)Cc2ccc(C)o2)c1OC. The maximum absolute atomic E-state index is 5.56. The summed E-state index contributed by atoms with van der Waals surface area (Å²) < 4.78 is 10.9. The van der Waals surface area contributed by atoms with Gasteiger partial charge in [-0.3, -0.25) is 0 Å². The van der Waals surface area contributed by atoms with Crippen molar-refractivity contribution in [3.8, 4) is 5.75 Å². The molecule has 0 spiro atoms. The number of aromatic nitrogens is 2. The fourth-order valence-corrected chi connectivity index (χ4v) is 1.88. The summed E-state index contributed by atoms with van der Waals surface area (Å²) in [6.07, 6.45) is 1.51. The molecule has 2 aromatic heterocycles. The van der Waals surface area contributed by atoms with Crippen LogP contribution in [0.3, 0.4) is 0 Å². The third kappa shape index (κ3) is 2.78. The Morgan fingerprint density at radius 1 is 1.37 bits per heavy atom. The summed E-state index contributed by atoms with van der Waals surface area (Å²) in [5.41, 5.74) is 0. The van der Waals surface area contributed by atoms with Crippen LogP contribution in [0.25, 0.3) is 0 Å². The lowest BCUT2D eigenvalue weighted by atomic mass is 10.3. The first kappa shape index (κ1) is 13.2. The van der Waals surface area contributed by atoms with Crippen LogP contribution in [0.5, 0.6) is 5.75 Å². The lowest BCUT2D eigenvalue weighted by Gasteiger charge is -2.20. The van der Waals surface area contributed by atoms with E-state index in [9.17, 15) is 0 Å². The first-order valence-electron chi connectivity index (χ1n) is 5.99. The van der Waals surface area contributed by atoms with Crippen LogP contribution in [-0.4, -0.2) is 31.2 Å². The van der Waals surface area contributed by atoms with Gasteiger partial charge in [0.15, 0.2) is 11.6 Å². The standard InChI is InChI=1S/C13H18N4O2/c1-9-5-6-10(19-9)7-17(3)13-11(18-4)12(14-2)15-8-16-13/h5-6,8H,7H2,1-4H3,(H,14,15,16). The van der Waals surface area contributed by atoms with Gasteiger partial charge in [-0.25, -0.2) is 9.97 Å². The van der Waals surface area contributed by atoms with Crippen molar-refractivity contribution in [2.24, 2.45) is 0 Å². The topological polar surface area (TPSA) is 63.4 Å². The quantitative estimate of drug-likeness (QED) is 0.890. The predicted octanol–water partition coefficient (Wildman–Crippen LogP) is 2.06. The molecule has 0 radical (unpaired) electrons. The molecule has 6 heteroatoms. The smallest absolute Gasteiger partial charge is 0.204 e. The summed E-state index contributed by atoms with van der Waals surface area (Å²) in [7, 11) is 5.33. The number of aryl methyl sites for hydroxylation is 1. The van der Waals surface area contributed by atoms with Crippen LogP contribution in [0.15, 0.2) is 22.9 Å². The number of ether oxygens (including phenoxy) is 1. The Morgan fingerprint density at radius 2 is 2.16 bits per heavy atom. The number of methoxy groups -OCH3 is 1. The van der Waals surface area contributed by atoms with Crippen LogP contribution in [0.4, 0.5) is 11.6 Å². The molecule has 2 aromatic rings. The molecule has 2 heterocycles. The van der Waals surface area contributed by atoms with E-state index in [1.165, 1.54) is 6.33 Å². The summed E-state index contributed by atoms with van der Waals surface area (Å²) >= 11 is 0. The molecule has 0 amide bonds. The lowest BCUT2D eigenvalue weighted by molar-refractivity contribution is 0.411. The number of furan rings is 1. The molecule has 0 aliphatic heterocycles. The molecule has 0 unspecified atom stereocenters. The van der Waals surface area contributed by atoms with Gasteiger partial charge in [0, 0.05) is 14.1 Å². The number of anilines is 2. The maximum Gasteiger partial charge on any atom is 0.204 e. The molecule has 0 aliphatic rings. The molecule has 0 saturated heterocycles. The molecule has 0 fully saturated rings. The van der Waals surface area contributed by atoms with Gasteiger partial charge in [0.05, 0.1) is 13.7 Å². The number of hydrogen-bond donors (Lipinski definition) is 1. The normalized spacial score (nSPS) is 10.3. The highest BCUT2D eigenvalue weighted by Gasteiger charge is 2.16. The molecule has 2 rings (SSSR count). The molecular formula is C13H18N4O2. The Kier molecular flexibility index (Phi) is 3.89. The van der Waals surface area contributed by atoms with Crippen molar-refractivity contribution in [3.05, 3.63) is 30.0 Å². The summed E-state index contributed by atoms with van der Waals surface area (Å²) in [6.45, 7) is 2.54. The van der Waals surface area contributed by atoms with E-state index in [0.717, 1.165) is 17.3 Å². The van der Waals surface area contributed by atoms with Gasteiger partial charge in [-0.1, -0.05) is 0 Å². The zero-order valence-corrected chi connectivity index (χ0v) is 11.6. The summed E-state index contributed by atoms with van der Waals surface area (Å²) in [5.74, 6) is 3.78. The summed E-state index contributed by atoms with van der Waals surface area (Å²) in [5, 5.41) is 2.98. The number of hydrogen-bond acceptors (Lipinski definition) is 6. The van der Waals surface area contributed by atoms with Gasteiger partial charge in [-0.2, -0.15) is 0 Å². The molecule has 0 atom stereocenters. The van der Waals surface area contributed by atoms with Crippen molar-refractivity contribution in [1.82, 2.24) is 9.97 Å². The largest absolute Gasteiger partial charge is 0.490 e. The highest BCUT2D eigenvalue weighted by molar-refractivity contribution is 5.64. The second-order valence-corrected chi connectivity index (χ2v) is 4.20. The van der Waals surface area contributed by atoms with Crippen LogP contribution >= 0.6 is 0 Å².